The van der Waals surface area contributed by atoms with E-state index in [-0.39, 0.29) is 100 Å². The van der Waals surface area contributed by atoms with E-state index in [1.807, 2.05) is 20.8 Å². The van der Waals surface area contributed by atoms with Gasteiger partial charge in [0, 0.05) is 111 Å². The average Bonchev–Trinajstić information content (AvgIpc) is 3.08. The van der Waals surface area contributed by atoms with Gasteiger partial charge in [0.25, 0.3) is 6.71 Å². The molecule has 0 spiro atoms. The van der Waals surface area contributed by atoms with Crippen molar-refractivity contribution in [3.8, 4) is 0 Å². The second-order valence-electron chi connectivity index (χ2n) is 5.98. The Morgan fingerprint density at radius 2 is 0.769 bits per heavy atom. The van der Waals surface area contributed by atoms with Gasteiger partial charge >= 0.3 is 0 Å². The van der Waals surface area contributed by atoms with E-state index in [1.165, 1.54) is 16.4 Å². The van der Waals surface area contributed by atoms with Crippen molar-refractivity contribution in [2.45, 2.75) is 41.5 Å². The first-order chi connectivity index (χ1) is 10.4. The number of aryl methyl sites for hydroxylation is 6. The number of aromatic amines is 3. The predicted octanol–water partition coefficient (Wildman–Crippen LogP) is 2.88. The van der Waals surface area contributed by atoms with Crippen molar-refractivity contribution >= 4 is 95.0 Å². The minimum absolute atomic E-state index is 0. The molecule has 26 heavy (non-hydrogen) atoms. The molecule has 3 aromatic rings. The molecule has 0 aliphatic rings. The van der Waals surface area contributed by atoms with Crippen LogP contribution in [0.25, 0.3) is 0 Å². The van der Waals surface area contributed by atoms with E-state index in [2.05, 4.69) is 51.4 Å². The Bertz CT molecular complexity index is 676. The second kappa shape index (κ2) is 11.6. The zero-order valence-electron chi connectivity index (χ0n) is 15.6. The maximum atomic E-state index is 4.39. The Morgan fingerprint density at radius 1 is 0.538 bits per heavy atom. The summed E-state index contributed by atoms with van der Waals surface area (Å²) in [6.45, 7) is 12.4. The normalized spacial score (nSPS) is 9.46. The van der Waals surface area contributed by atoms with E-state index in [9.17, 15) is 0 Å². The Kier molecular flexibility index (Phi) is 12.8. The van der Waals surface area contributed by atoms with Crippen molar-refractivity contribution < 1.29 is 21.7 Å². The van der Waals surface area contributed by atoms with Crippen LogP contribution in [-0.4, -0.2) is 37.3 Å². The van der Waals surface area contributed by atoms with Gasteiger partial charge in [-0.15, -0.1) is 0 Å². The molecule has 0 aromatic carbocycles. The minimum atomic E-state index is 0. The van der Waals surface area contributed by atoms with Crippen molar-refractivity contribution in [3.05, 3.63) is 34.2 Å². The molecule has 0 saturated carbocycles. The number of halogens is 3. The number of H-pyrrole nitrogens is 3. The SMILES string of the molecule is Cc1n[nH]c(C)c1B(c1c(C)n[nH]c1C)c1c(C)n[nH]c1C.[I].[I].[I].[Ti]. The fourth-order valence-electron chi connectivity index (χ4n) is 3.39. The zero-order valence-corrected chi connectivity index (χ0v) is 23.6. The molecule has 0 aliphatic carbocycles. The molecule has 3 rings (SSSR count). The van der Waals surface area contributed by atoms with Crippen LogP contribution in [-0.2, 0) is 21.7 Å². The number of hydrogen-bond donors (Lipinski definition) is 3. The summed E-state index contributed by atoms with van der Waals surface area (Å²) in [6.07, 6.45) is 0. The van der Waals surface area contributed by atoms with Gasteiger partial charge in [-0.05, 0) is 57.9 Å². The summed E-state index contributed by atoms with van der Waals surface area (Å²) in [7, 11) is 0. The van der Waals surface area contributed by atoms with E-state index in [0.717, 1.165) is 34.2 Å². The van der Waals surface area contributed by atoms with Crippen LogP contribution in [0.15, 0.2) is 0 Å². The molecule has 11 heteroatoms. The van der Waals surface area contributed by atoms with Gasteiger partial charge in [-0.25, -0.2) is 0 Å². The van der Waals surface area contributed by atoms with Gasteiger partial charge in [0.2, 0.25) is 0 Å². The third kappa shape index (κ3) is 5.15. The van der Waals surface area contributed by atoms with Gasteiger partial charge in [0.15, 0.2) is 0 Å². The summed E-state index contributed by atoms with van der Waals surface area (Å²) < 4.78 is 0. The topological polar surface area (TPSA) is 86.0 Å². The molecule has 6 nitrogen and oxygen atoms in total. The van der Waals surface area contributed by atoms with E-state index >= 15 is 0 Å². The summed E-state index contributed by atoms with van der Waals surface area (Å²) >= 11 is 0. The predicted molar refractivity (Wildman–Crippen MR) is 131 cm³/mol. The molecule has 3 heterocycles. The van der Waals surface area contributed by atoms with Crippen LogP contribution in [0.2, 0.25) is 0 Å². The molecule has 0 bridgehead atoms. The number of nitrogens with one attached hydrogen (secondary N) is 3. The smallest absolute Gasteiger partial charge is 0.255 e. The monoisotopic (exact) mass is 725 g/mol. The molecule has 3 aromatic heterocycles. The van der Waals surface area contributed by atoms with Crippen LogP contribution >= 0.6 is 71.9 Å². The van der Waals surface area contributed by atoms with Crippen molar-refractivity contribution in [3.63, 3.8) is 0 Å². The Hall–Kier alpha value is 0.599. The second-order valence-corrected chi connectivity index (χ2v) is 5.98. The van der Waals surface area contributed by atoms with Crippen LogP contribution in [0.3, 0.4) is 0 Å². The fraction of sp³-hybridized carbons (Fsp3) is 0.400. The molecular weight excluding hydrogens is 704 g/mol. The Balaban J connectivity index is 0. The number of rotatable bonds is 3. The molecule has 0 saturated heterocycles. The molecule has 0 unspecified atom stereocenters. The van der Waals surface area contributed by atoms with E-state index in [0.29, 0.717) is 0 Å². The quantitative estimate of drug-likeness (QED) is 0.287. The molecule has 0 amide bonds. The largest absolute Gasteiger partial charge is 0.283 e. The van der Waals surface area contributed by atoms with E-state index in [1.54, 1.807) is 0 Å². The van der Waals surface area contributed by atoms with E-state index in [4.69, 9.17) is 0 Å². The third-order valence-electron chi connectivity index (χ3n) is 4.42. The molecular formula is C15H21BI3N6Ti. The first kappa shape index (κ1) is 28.8. The van der Waals surface area contributed by atoms with Crippen molar-refractivity contribution in [2.75, 3.05) is 0 Å². The molecule has 0 fully saturated rings. The number of nitrogens with zero attached hydrogens (tertiary/aromatic N) is 3. The number of aromatic nitrogens is 6. The summed E-state index contributed by atoms with van der Waals surface area (Å²) in [5.74, 6) is 0. The summed E-state index contributed by atoms with van der Waals surface area (Å²) in [6, 6.07) is 0. The molecule has 0 aliphatic heterocycles. The van der Waals surface area contributed by atoms with Gasteiger partial charge in [0.1, 0.15) is 0 Å². The maximum Gasteiger partial charge on any atom is 0.255 e. The van der Waals surface area contributed by atoms with E-state index < -0.39 is 0 Å². The van der Waals surface area contributed by atoms with Crippen molar-refractivity contribution in [1.82, 2.24) is 30.6 Å². The van der Waals surface area contributed by atoms with Gasteiger partial charge in [-0.2, -0.15) is 15.3 Å². The first-order valence-corrected chi connectivity index (χ1v) is 7.46. The van der Waals surface area contributed by atoms with Crippen molar-refractivity contribution in [2.24, 2.45) is 0 Å². The maximum absolute atomic E-state index is 4.39. The van der Waals surface area contributed by atoms with Crippen LogP contribution in [0.4, 0.5) is 0 Å². The summed E-state index contributed by atoms with van der Waals surface area (Å²) in [4.78, 5) is 0. The van der Waals surface area contributed by atoms with Crippen LogP contribution in [0.1, 0.15) is 34.2 Å². The standard InChI is InChI=1S/C15H21BN6.3I.Ti/c1-7-13(8(2)18-17-7)16(14-9(3)19-20-10(14)4)15-11(5)21-22-12(15)6;;;;/h1-6H3,(H,17,18)(H,19,20)(H,21,22);;;;. The van der Waals surface area contributed by atoms with Crippen LogP contribution < -0.4 is 16.4 Å². The molecule has 3 radical (unpaired) electrons. The van der Waals surface area contributed by atoms with Crippen LogP contribution in [0, 0.1) is 41.5 Å². The van der Waals surface area contributed by atoms with Gasteiger partial charge < -0.3 is 0 Å². The van der Waals surface area contributed by atoms with Crippen molar-refractivity contribution in [1.29, 1.82) is 0 Å². The fourth-order valence-corrected chi connectivity index (χ4v) is 3.39. The molecule has 139 valence electrons. The molecule has 3 N–H and O–H groups in total. The first-order valence-electron chi connectivity index (χ1n) is 7.46. The Labute approximate surface area is 220 Å². The Morgan fingerprint density at radius 3 is 0.923 bits per heavy atom. The van der Waals surface area contributed by atoms with Gasteiger partial charge in [0.05, 0.1) is 17.1 Å². The summed E-state index contributed by atoms with van der Waals surface area (Å²) in [5, 5.41) is 22.5. The number of hydrogen-bond acceptors (Lipinski definition) is 3. The summed E-state index contributed by atoms with van der Waals surface area (Å²) in [5.41, 5.74) is 9.93. The minimum Gasteiger partial charge on any atom is -0.283 e. The zero-order chi connectivity index (χ0) is 16.0. The van der Waals surface area contributed by atoms with Gasteiger partial charge in [-0.3, -0.25) is 15.3 Å². The van der Waals surface area contributed by atoms with Gasteiger partial charge in [-0.1, -0.05) is 0 Å². The molecule has 0 atom stereocenters. The van der Waals surface area contributed by atoms with Crippen LogP contribution in [0.5, 0.6) is 0 Å². The third-order valence-corrected chi connectivity index (χ3v) is 4.42. The average molecular weight is 725 g/mol.